The number of aliphatic carboxylic acids is 1. The molecule has 6 nitrogen and oxygen atoms in total. The summed E-state index contributed by atoms with van der Waals surface area (Å²) in [4.78, 5) is 29.8. The Morgan fingerprint density at radius 1 is 0.939 bits per heavy atom. The fraction of sp³-hybridized carbons (Fsp3) is 0.370. The first kappa shape index (κ1) is 24.4. The summed E-state index contributed by atoms with van der Waals surface area (Å²) in [5, 5.41) is 12.5. The lowest BCUT2D eigenvalue weighted by Crippen LogP contribution is -2.46. The number of carbonyl (C=O) groups excluding carboxylic acids is 1. The molecule has 2 N–H and O–H groups in total. The zero-order valence-corrected chi connectivity index (χ0v) is 19.5. The molecule has 0 spiro atoms. The Morgan fingerprint density at radius 2 is 1.55 bits per heavy atom. The minimum Gasteiger partial charge on any atom is -0.477 e. The van der Waals surface area contributed by atoms with Gasteiger partial charge >= 0.3 is 5.97 Å². The van der Waals surface area contributed by atoms with Gasteiger partial charge in [-0.2, -0.15) is 4.99 Å². The van der Waals surface area contributed by atoms with E-state index < -0.39 is 11.4 Å². The third kappa shape index (κ3) is 5.57. The molecule has 0 saturated heterocycles. The summed E-state index contributed by atoms with van der Waals surface area (Å²) in [6.07, 6.45) is 8.16. The molecule has 1 aliphatic rings. The Balaban J connectivity index is 1.91. The highest BCUT2D eigenvalue weighted by Gasteiger charge is 2.42. The number of rotatable bonds is 12. The van der Waals surface area contributed by atoms with Crippen molar-refractivity contribution in [3.63, 3.8) is 0 Å². The molecular weight excluding hydrogens is 414 g/mol. The van der Waals surface area contributed by atoms with Gasteiger partial charge < -0.3 is 10.4 Å². The molecule has 33 heavy (non-hydrogen) atoms. The topological polar surface area (TPSA) is 78.8 Å². The highest BCUT2D eigenvalue weighted by Crippen LogP contribution is 2.36. The Kier molecular flexibility index (Phi) is 8.17. The fourth-order valence-corrected chi connectivity index (χ4v) is 4.59. The zero-order chi connectivity index (χ0) is 23.7. The lowest BCUT2D eigenvalue weighted by Gasteiger charge is -2.32. The van der Waals surface area contributed by atoms with E-state index in [-0.39, 0.29) is 16.9 Å². The summed E-state index contributed by atoms with van der Waals surface area (Å²) in [7, 11) is 0. The maximum Gasteiger partial charge on any atom is 0.360 e. The van der Waals surface area contributed by atoms with Crippen LogP contribution in [0.2, 0.25) is 0 Å². The van der Waals surface area contributed by atoms with E-state index in [4.69, 9.17) is 0 Å². The van der Waals surface area contributed by atoms with E-state index in [0.29, 0.717) is 18.8 Å². The zero-order valence-electron chi connectivity index (χ0n) is 19.5. The molecular formula is C27H34N3O3+. The van der Waals surface area contributed by atoms with Gasteiger partial charge in [-0.15, -0.1) is 0 Å². The fourth-order valence-electron chi connectivity index (χ4n) is 4.59. The number of carboxylic acid groups (broad SMARTS) is 1. The average Bonchev–Trinajstić information content (AvgIpc) is 3.20. The number of carbonyl (C=O) groups is 2. The molecule has 1 unspecified atom stereocenters. The maximum atomic E-state index is 13.8. The molecule has 1 amide bonds. The Hall–Kier alpha value is -3.25. The lowest BCUT2D eigenvalue weighted by atomic mass is 9.71. The van der Waals surface area contributed by atoms with Crippen molar-refractivity contribution in [3.05, 3.63) is 83.8 Å². The summed E-state index contributed by atoms with van der Waals surface area (Å²) in [5.41, 5.74) is 0.930. The third-order valence-electron chi connectivity index (χ3n) is 6.36. The number of benzene rings is 2. The molecule has 174 valence electrons. The molecule has 1 aliphatic heterocycles. The van der Waals surface area contributed by atoms with Crippen LogP contribution in [0.4, 0.5) is 0 Å². The first-order valence-corrected chi connectivity index (χ1v) is 11.7. The van der Waals surface area contributed by atoms with Gasteiger partial charge in [-0.25, -0.2) is 9.28 Å². The predicted molar refractivity (Wildman–Crippen MR) is 130 cm³/mol. The molecule has 0 bridgehead atoms. The van der Waals surface area contributed by atoms with Crippen LogP contribution in [0, 0.1) is 0 Å². The summed E-state index contributed by atoms with van der Waals surface area (Å²) in [6, 6.07) is 19.5. The maximum absolute atomic E-state index is 13.8. The molecule has 3 rings (SSSR count). The molecule has 0 fully saturated rings. The smallest absolute Gasteiger partial charge is 0.360 e. The number of nitrogens with one attached hydrogen (secondary N) is 1. The molecule has 1 atom stereocenters. The van der Waals surface area contributed by atoms with Gasteiger partial charge in [0.1, 0.15) is 6.20 Å². The van der Waals surface area contributed by atoms with Crippen molar-refractivity contribution < 1.29 is 19.2 Å². The minimum atomic E-state index is -0.891. The van der Waals surface area contributed by atoms with Crippen molar-refractivity contribution >= 4 is 18.2 Å². The summed E-state index contributed by atoms with van der Waals surface area (Å²) >= 11 is 0. The van der Waals surface area contributed by atoms with Crippen molar-refractivity contribution in [2.75, 3.05) is 13.1 Å². The van der Waals surface area contributed by atoms with Gasteiger partial charge in [-0.1, -0.05) is 87.4 Å². The standard InChI is InChI=1S/C27H33N3O3/c1-3-5-6-13-18-30(20-25(31)32)19-24(28-21-30)29-26(33)27(4-2,22-14-9-7-10-15-22)23-16-11-8-12-17-23/h7-12,14-17,19,21H,3-6,13,18,20H2,1-2H3,(H-,29,31,32,33)/p+1. The molecule has 0 aliphatic carbocycles. The van der Waals surface area contributed by atoms with Crippen LogP contribution in [-0.4, -0.2) is 40.9 Å². The number of quaternary nitrogens is 1. The number of hydrogen-bond donors (Lipinski definition) is 2. The highest BCUT2D eigenvalue weighted by atomic mass is 16.4. The van der Waals surface area contributed by atoms with E-state index in [1.807, 2.05) is 67.6 Å². The molecule has 2 aromatic carbocycles. The van der Waals surface area contributed by atoms with Crippen molar-refractivity contribution in [3.8, 4) is 0 Å². The second kappa shape index (κ2) is 11.1. The van der Waals surface area contributed by atoms with Gasteiger partial charge in [0.2, 0.25) is 5.91 Å². The van der Waals surface area contributed by atoms with E-state index in [2.05, 4.69) is 17.2 Å². The van der Waals surface area contributed by atoms with Crippen LogP contribution < -0.4 is 5.32 Å². The van der Waals surface area contributed by atoms with E-state index in [1.54, 1.807) is 12.5 Å². The second-order valence-electron chi connectivity index (χ2n) is 8.64. The van der Waals surface area contributed by atoms with Crippen molar-refractivity contribution in [2.24, 2.45) is 4.99 Å². The Labute approximate surface area is 196 Å². The lowest BCUT2D eigenvalue weighted by molar-refractivity contribution is -0.771. The quantitative estimate of drug-likeness (QED) is 0.361. The van der Waals surface area contributed by atoms with Crippen LogP contribution in [0.15, 0.2) is 77.7 Å². The predicted octanol–water partition coefficient (Wildman–Crippen LogP) is 4.82. The first-order chi connectivity index (χ1) is 16.0. The number of amides is 1. The minimum absolute atomic E-state index is 0.0920. The van der Waals surface area contributed by atoms with Crippen LogP contribution in [0.5, 0.6) is 0 Å². The number of unbranched alkanes of at least 4 members (excludes halogenated alkanes) is 3. The first-order valence-electron chi connectivity index (χ1n) is 11.7. The largest absolute Gasteiger partial charge is 0.477 e. The summed E-state index contributed by atoms with van der Waals surface area (Å²) in [5.74, 6) is -0.661. The average molecular weight is 449 g/mol. The van der Waals surface area contributed by atoms with Crippen molar-refractivity contribution in [2.45, 2.75) is 51.4 Å². The van der Waals surface area contributed by atoms with E-state index in [9.17, 15) is 14.7 Å². The van der Waals surface area contributed by atoms with Gasteiger partial charge in [0.15, 0.2) is 18.7 Å². The molecule has 1 heterocycles. The van der Waals surface area contributed by atoms with Crippen LogP contribution in [0.3, 0.4) is 0 Å². The van der Waals surface area contributed by atoms with Gasteiger partial charge in [0.25, 0.3) is 0 Å². The van der Waals surface area contributed by atoms with E-state index >= 15 is 0 Å². The number of hydrogen-bond acceptors (Lipinski definition) is 3. The van der Waals surface area contributed by atoms with Crippen LogP contribution in [0.25, 0.3) is 0 Å². The Bertz CT molecular complexity index is 962. The summed E-state index contributed by atoms with van der Waals surface area (Å²) < 4.78 is 0.116. The third-order valence-corrected chi connectivity index (χ3v) is 6.36. The second-order valence-corrected chi connectivity index (χ2v) is 8.64. The number of nitrogens with zero attached hydrogens (tertiary/aromatic N) is 2. The molecule has 0 saturated carbocycles. The van der Waals surface area contributed by atoms with Crippen LogP contribution >= 0.6 is 0 Å². The molecule has 0 aromatic heterocycles. The van der Waals surface area contributed by atoms with Crippen LogP contribution in [-0.2, 0) is 15.0 Å². The molecule has 0 radical (unpaired) electrons. The normalized spacial score (nSPS) is 17.6. The van der Waals surface area contributed by atoms with Gasteiger partial charge in [-0.3, -0.25) is 4.79 Å². The van der Waals surface area contributed by atoms with Gasteiger partial charge in [0.05, 0.1) is 12.0 Å². The number of carboxylic acids is 1. The summed E-state index contributed by atoms with van der Waals surface area (Å²) in [6.45, 7) is 4.70. The number of aliphatic imine (C=N–C) groups is 1. The van der Waals surface area contributed by atoms with Crippen LogP contribution in [0.1, 0.15) is 57.1 Å². The van der Waals surface area contributed by atoms with Gasteiger partial charge in [-0.05, 0) is 30.4 Å². The Morgan fingerprint density at radius 3 is 2.06 bits per heavy atom. The van der Waals surface area contributed by atoms with Crippen molar-refractivity contribution in [1.29, 1.82) is 0 Å². The van der Waals surface area contributed by atoms with Crippen molar-refractivity contribution in [1.82, 2.24) is 5.32 Å². The molecule has 2 aromatic rings. The van der Waals surface area contributed by atoms with E-state index in [0.717, 1.165) is 36.8 Å². The SMILES string of the molecule is CCCCCC[N+]1(CC(=O)O)C=NC(NC(=O)C(CC)(c2ccccc2)c2ccccc2)=C1. The van der Waals surface area contributed by atoms with E-state index in [1.165, 1.54) is 0 Å². The monoisotopic (exact) mass is 448 g/mol. The molecule has 6 heteroatoms. The van der Waals surface area contributed by atoms with Gasteiger partial charge in [0, 0.05) is 0 Å². The highest BCUT2D eigenvalue weighted by molar-refractivity contribution is 5.93.